The number of hydrogen-bond acceptors (Lipinski definition) is 6. The number of nitrogens with one attached hydrogen (secondary N) is 2. The highest BCUT2D eigenvalue weighted by Gasteiger charge is 2.62. The Kier molecular flexibility index (Phi) is 3.81. The lowest BCUT2D eigenvalue weighted by Crippen LogP contribution is -2.62. The molecule has 2 N–H and O–H groups in total. The van der Waals surface area contributed by atoms with E-state index >= 15 is 0 Å². The maximum absolute atomic E-state index is 13.2. The fourth-order valence-electron chi connectivity index (χ4n) is 4.82. The first-order valence-electron chi connectivity index (χ1n) is 9.18. The van der Waals surface area contributed by atoms with Crippen LogP contribution in [0.2, 0.25) is 0 Å². The van der Waals surface area contributed by atoms with Crippen molar-refractivity contribution in [2.24, 2.45) is 5.92 Å². The largest absolute Gasteiger partial charge is 0.465 e. The van der Waals surface area contributed by atoms with Gasteiger partial charge in [-0.15, -0.1) is 0 Å². The quantitative estimate of drug-likeness (QED) is 0.763. The lowest BCUT2D eigenvalue weighted by molar-refractivity contribution is 0.0599. The molecule has 2 aromatic carbocycles. The highest BCUT2D eigenvalue weighted by atomic mass is 32.2. The summed E-state index contributed by atoms with van der Waals surface area (Å²) in [7, 11) is -2.57. The number of benzene rings is 2. The van der Waals surface area contributed by atoms with Crippen molar-refractivity contribution in [1.82, 2.24) is 10.0 Å². The standard InChI is InChI=1S/C20H20N2O5S/c1-26-19(23)12-7-15-18(27-14-5-3-2-4-6-14)16(8-12)28(24,25)22-17-9-13-10-21-11-20(13,15)17/h2-8,13,17,21-22H,9-11H2,1H3. The van der Waals surface area contributed by atoms with Crippen molar-refractivity contribution < 1.29 is 22.7 Å². The smallest absolute Gasteiger partial charge is 0.337 e. The van der Waals surface area contributed by atoms with E-state index in [-0.39, 0.29) is 22.4 Å². The van der Waals surface area contributed by atoms with E-state index < -0.39 is 21.4 Å². The van der Waals surface area contributed by atoms with E-state index in [0.717, 1.165) is 18.5 Å². The number of esters is 1. The van der Waals surface area contributed by atoms with Crippen molar-refractivity contribution in [2.45, 2.75) is 22.8 Å². The van der Waals surface area contributed by atoms with E-state index in [2.05, 4.69) is 10.0 Å². The first kappa shape index (κ1) is 17.7. The molecule has 2 heterocycles. The Labute approximate surface area is 163 Å². The van der Waals surface area contributed by atoms with Gasteiger partial charge in [0.25, 0.3) is 0 Å². The van der Waals surface area contributed by atoms with Gasteiger partial charge >= 0.3 is 5.97 Å². The van der Waals surface area contributed by atoms with Gasteiger partial charge in [0.05, 0.1) is 12.7 Å². The third kappa shape index (κ3) is 2.35. The Balaban J connectivity index is 1.79. The van der Waals surface area contributed by atoms with Crippen LogP contribution >= 0.6 is 0 Å². The number of carbonyl (C=O) groups is 1. The fourth-order valence-corrected chi connectivity index (χ4v) is 6.30. The molecular formula is C20H20N2O5S. The molecule has 2 aliphatic heterocycles. The first-order valence-corrected chi connectivity index (χ1v) is 10.7. The van der Waals surface area contributed by atoms with Crippen LogP contribution in [-0.4, -0.2) is 40.6 Å². The Morgan fingerprint density at radius 1 is 1.21 bits per heavy atom. The van der Waals surface area contributed by atoms with Gasteiger partial charge in [-0.2, -0.15) is 0 Å². The summed E-state index contributed by atoms with van der Waals surface area (Å²) in [5, 5.41) is 3.39. The number of ether oxygens (including phenoxy) is 2. The molecule has 28 heavy (non-hydrogen) atoms. The number of hydrogen-bond donors (Lipinski definition) is 2. The highest BCUT2D eigenvalue weighted by molar-refractivity contribution is 7.89. The summed E-state index contributed by atoms with van der Waals surface area (Å²) in [5.41, 5.74) is 0.520. The average Bonchev–Trinajstić information content (AvgIpc) is 3.02. The highest BCUT2D eigenvalue weighted by Crippen LogP contribution is 2.57. The summed E-state index contributed by atoms with van der Waals surface area (Å²) in [6, 6.07) is 11.9. The van der Waals surface area contributed by atoms with Gasteiger partial charge < -0.3 is 14.8 Å². The van der Waals surface area contributed by atoms with Gasteiger partial charge in [-0.05, 0) is 43.1 Å². The van der Waals surface area contributed by atoms with Crippen LogP contribution in [0.3, 0.4) is 0 Å². The fraction of sp³-hybridized carbons (Fsp3) is 0.350. The molecule has 1 spiro atoms. The summed E-state index contributed by atoms with van der Waals surface area (Å²) in [4.78, 5) is 12.2. The zero-order valence-electron chi connectivity index (χ0n) is 15.3. The third-order valence-corrected chi connectivity index (χ3v) is 7.68. The molecule has 1 saturated heterocycles. The number of carbonyl (C=O) groups excluding carboxylic acids is 1. The maximum atomic E-state index is 13.2. The summed E-state index contributed by atoms with van der Waals surface area (Å²) in [5.74, 6) is 0.544. The Hall–Kier alpha value is -2.42. The molecule has 3 unspecified atom stereocenters. The van der Waals surface area contributed by atoms with Crippen LogP contribution in [0.4, 0.5) is 0 Å². The van der Waals surface area contributed by atoms with E-state index in [1.165, 1.54) is 13.2 Å². The molecule has 5 rings (SSSR count). The second-order valence-corrected chi connectivity index (χ2v) is 9.22. The molecule has 0 amide bonds. The monoisotopic (exact) mass is 400 g/mol. The zero-order chi connectivity index (χ0) is 19.5. The molecule has 1 saturated carbocycles. The first-order chi connectivity index (χ1) is 13.5. The van der Waals surface area contributed by atoms with Crippen LogP contribution in [0.25, 0.3) is 0 Å². The minimum atomic E-state index is -3.86. The molecule has 8 heteroatoms. The minimum Gasteiger partial charge on any atom is -0.465 e. The van der Waals surface area contributed by atoms with E-state index in [1.807, 2.05) is 18.2 Å². The van der Waals surface area contributed by atoms with Gasteiger partial charge in [0.2, 0.25) is 10.0 Å². The molecule has 0 aromatic heterocycles. The van der Waals surface area contributed by atoms with Crippen LogP contribution < -0.4 is 14.8 Å². The van der Waals surface area contributed by atoms with E-state index in [1.54, 1.807) is 18.2 Å². The van der Waals surface area contributed by atoms with Crippen molar-refractivity contribution in [3.63, 3.8) is 0 Å². The third-order valence-electron chi connectivity index (χ3n) is 6.21. The number of para-hydroxylation sites is 1. The van der Waals surface area contributed by atoms with Gasteiger partial charge in [-0.3, -0.25) is 0 Å². The Bertz CT molecular complexity index is 1070. The summed E-state index contributed by atoms with van der Waals surface area (Å²) in [6.45, 7) is 1.43. The molecule has 3 atom stereocenters. The van der Waals surface area contributed by atoms with E-state index in [9.17, 15) is 13.2 Å². The van der Waals surface area contributed by atoms with Crippen LogP contribution in [0, 0.1) is 5.92 Å². The number of fused-ring (bicyclic) bond motifs is 2. The average molecular weight is 400 g/mol. The lowest BCUT2D eigenvalue weighted by atomic mass is 9.55. The van der Waals surface area contributed by atoms with E-state index in [4.69, 9.17) is 9.47 Å². The summed E-state index contributed by atoms with van der Waals surface area (Å²) in [6.07, 6.45) is 0.753. The Morgan fingerprint density at radius 3 is 2.71 bits per heavy atom. The summed E-state index contributed by atoms with van der Waals surface area (Å²) < 4.78 is 40.1. The van der Waals surface area contributed by atoms with Crippen molar-refractivity contribution in [3.05, 3.63) is 53.6 Å². The van der Waals surface area contributed by atoms with Gasteiger partial charge in [0.1, 0.15) is 10.6 Å². The van der Waals surface area contributed by atoms with Crippen LogP contribution in [0.15, 0.2) is 47.4 Å². The minimum absolute atomic E-state index is 0.0244. The van der Waals surface area contributed by atoms with Gasteiger partial charge in [-0.1, -0.05) is 18.2 Å². The van der Waals surface area contributed by atoms with Crippen molar-refractivity contribution in [1.29, 1.82) is 0 Å². The SMILES string of the molecule is COC(=O)c1cc2c(Oc3ccccc3)c(c1)S(=O)(=O)NC1CC3CNCC231. The number of sulfonamides is 1. The molecule has 1 aliphatic carbocycles. The van der Waals surface area contributed by atoms with Crippen LogP contribution in [-0.2, 0) is 20.2 Å². The molecule has 2 fully saturated rings. The topological polar surface area (TPSA) is 93.7 Å². The molecule has 146 valence electrons. The number of methoxy groups -OCH3 is 1. The van der Waals surface area contributed by atoms with Crippen molar-refractivity contribution in [2.75, 3.05) is 20.2 Å². The second kappa shape index (κ2) is 6.04. The predicted octanol–water partition coefficient (Wildman–Crippen LogP) is 1.79. The Morgan fingerprint density at radius 2 is 2.00 bits per heavy atom. The molecule has 2 bridgehead atoms. The lowest BCUT2D eigenvalue weighted by Gasteiger charge is -2.51. The number of rotatable bonds is 3. The molecule has 2 aromatic rings. The van der Waals surface area contributed by atoms with Gasteiger partial charge in [0.15, 0.2) is 5.75 Å². The normalized spacial score (nSPS) is 29.0. The zero-order valence-corrected chi connectivity index (χ0v) is 16.1. The van der Waals surface area contributed by atoms with Crippen LogP contribution in [0.5, 0.6) is 11.5 Å². The molecule has 7 nitrogen and oxygen atoms in total. The second-order valence-electron chi connectivity index (χ2n) is 7.54. The van der Waals surface area contributed by atoms with E-state index in [0.29, 0.717) is 18.0 Å². The van der Waals surface area contributed by atoms with Crippen molar-refractivity contribution in [3.8, 4) is 11.5 Å². The van der Waals surface area contributed by atoms with Gasteiger partial charge in [0, 0.05) is 23.6 Å². The molecular weight excluding hydrogens is 380 g/mol. The molecule has 0 radical (unpaired) electrons. The maximum Gasteiger partial charge on any atom is 0.337 e. The summed E-state index contributed by atoms with van der Waals surface area (Å²) >= 11 is 0. The van der Waals surface area contributed by atoms with Gasteiger partial charge in [-0.25, -0.2) is 17.9 Å². The predicted molar refractivity (Wildman–Crippen MR) is 101 cm³/mol. The van der Waals surface area contributed by atoms with Crippen LogP contribution in [0.1, 0.15) is 22.3 Å². The molecule has 3 aliphatic rings. The van der Waals surface area contributed by atoms with Crippen molar-refractivity contribution >= 4 is 16.0 Å².